The standard InChI is InChI=1S/C14H14BrFN2O/c1-2-17-9-10-4-3-5-18-14(10)19-13-7-11(15)6-12(16)8-13/h3-8,17H,2,9H2,1H3. The lowest BCUT2D eigenvalue weighted by Crippen LogP contribution is -2.12. The largest absolute Gasteiger partial charge is 0.439 e. The molecule has 0 unspecified atom stereocenters. The number of pyridine rings is 1. The zero-order chi connectivity index (χ0) is 13.7. The van der Waals surface area contributed by atoms with Crippen molar-refractivity contribution < 1.29 is 9.13 Å². The van der Waals surface area contributed by atoms with E-state index in [4.69, 9.17) is 4.74 Å². The van der Waals surface area contributed by atoms with Gasteiger partial charge >= 0.3 is 0 Å². The van der Waals surface area contributed by atoms with Gasteiger partial charge in [0.25, 0.3) is 0 Å². The van der Waals surface area contributed by atoms with Crippen LogP contribution >= 0.6 is 15.9 Å². The van der Waals surface area contributed by atoms with E-state index in [1.165, 1.54) is 12.1 Å². The molecule has 0 saturated heterocycles. The van der Waals surface area contributed by atoms with Crippen LogP contribution in [0, 0.1) is 5.82 Å². The summed E-state index contributed by atoms with van der Waals surface area (Å²) in [6.45, 7) is 3.55. The van der Waals surface area contributed by atoms with Crippen molar-refractivity contribution in [3.63, 3.8) is 0 Å². The highest BCUT2D eigenvalue weighted by molar-refractivity contribution is 9.10. The Morgan fingerprint density at radius 3 is 2.95 bits per heavy atom. The molecule has 3 nitrogen and oxygen atoms in total. The highest BCUT2D eigenvalue weighted by atomic mass is 79.9. The van der Waals surface area contributed by atoms with Gasteiger partial charge in [0.1, 0.15) is 11.6 Å². The summed E-state index contributed by atoms with van der Waals surface area (Å²) < 4.78 is 19.6. The molecule has 0 aliphatic heterocycles. The molecule has 1 heterocycles. The predicted octanol–water partition coefficient (Wildman–Crippen LogP) is 3.89. The first-order valence-corrected chi connectivity index (χ1v) is 6.77. The number of halogens is 2. The molecule has 5 heteroatoms. The molecule has 1 aromatic carbocycles. The number of benzene rings is 1. The number of ether oxygens (including phenoxy) is 1. The van der Waals surface area contributed by atoms with Gasteiger partial charge in [-0.05, 0) is 24.7 Å². The lowest BCUT2D eigenvalue weighted by molar-refractivity contribution is 0.448. The van der Waals surface area contributed by atoms with Crippen molar-refractivity contribution >= 4 is 15.9 Å². The molecule has 1 N–H and O–H groups in total. The van der Waals surface area contributed by atoms with E-state index in [0.717, 1.165) is 12.1 Å². The van der Waals surface area contributed by atoms with Crippen molar-refractivity contribution in [2.75, 3.05) is 6.54 Å². The van der Waals surface area contributed by atoms with Gasteiger partial charge in [-0.25, -0.2) is 9.37 Å². The van der Waals surface area contributed by atoms with Crippen LogP contribution in [0.25, 0.3) is 0 Å². The highest BCUT2D eigenvalue weighted by Crippen LogP contribution is 2.26. The summed E-state index contributed by atoms with van der Waals surface area (Å²) in [5, 5.41) is 3.21. The van der Waals surface area contributed by atoms with Crippen LogP contribution in [0.5, 0.6) is 11.6 Å². The minimum Gasteiger partial charge on any atom is -0.439 e. The maximum Gasteiger partial charge on any atom is 0.223 e. The van der Waals surface area contributed by atoms with Crippen LogP contribution in [0.15, 0.2) is 41.0 Å². The van der Waals surface area contributed by atoms with Crippen LogP contribution in [-0.4, -0.2) is 11.5 Å². The van der Waals surface area contributed by atoms with E-state index >= 15 is 0 Å². The van der Waals surface area contributed by atoms with Crippen LogP contribution in [-0.2, 0) is 6.54 Å². The number of rotatable bonds is 5. The lowest BCUT2D eigenvalue weighted by Gasteiger charge is -2.10. The van der Waals surface area contributed by atoms with Gasteiger partial charge in [0.05, 0.1) is 0 Å². The lowest BCUT2D eigenvalue weighted by atomic mass is 10.2. The fourth-order valence-corrected chi connectivity index (χ4v) is 2.05. The quantitative estimate of drug-likeness (QED) is 0.906. The molecule has 0 amide bonds. The van der Waals surface area contributed by atoms with Crippen LogP contribution < -0.4 is 10.1 Å². The van der Waals surface area contributed by atoms with Gasteiger partial charge < -0.3 is 10.1 Å². The summed E-state index contributed by atoms with van der Waals surface area (Å²) in [7, 11) is 0. The monoisotopic (exact) mass is 324 g/mol. The Hall–Kier alpha value is -1.46. The van der Waals surface area contributed by atoms with Crippen molar-refractivity contribution in [1.82, 2.24) is 10.3 Å². The van der Waals surface area contributed by atoms with Gasteiger partial charge in [0.2, 0.25) is 5.88 Å². The van der Waals surface area contributed by atoms with E-state index in [9.17, 15) is 4.39 Å². The Labute approximate surface area is 119 Å². The summed E-state index contributed by atoms with van der Waals surface area (Å²) in [5.74, 6) is 0.554. The first-order chi connectivity index (χ1) is 9.19. The molecule has 0 aliphatic rings. The summed E-state index contributed by atoms with van der Waals surface area (Å²) in [6.07, 6.45) is 1.65. The minimum absolute atomic E-state index is 0.353. The van der Waals surface area contributed by atoms with Crippen LogP contribution in [0.3, 0.4) is 0 Å². The van der Waals surface area contributed by atoms with E-state index in [2.05, 4.69) is 26.2 Å². The number of nitrogens with zero attached hydrogens (tertiary/aromatic N) is 1. The maximum atomic E-state index is 13.3. The molecule has 2 aromatic rings. The predicted molar refractivity (Wildman–Crippen MR) is 75.8 cm³/mol. The van der Waals surface area contributed by atoms with Crippen molar-refractivity contribution in [1.29, 1.82) is 0 Å². The molecule has 1 aromatic heterocycles. The zero-order valence-electron chi connectivity index (χ0n) is 10.5. The molecular weight excluding hydrogens is 311 g/mol. The summed E-state index contributed by atoms with van der Waals surface area (Å²) in [6, 6.07) is 8.19. The zero-order valence-corrected chi connectivity index (χ0v) is 12.1. The molecule has 0 aliphatic carbocycles. The molecule has 0 spiro atoms. The van der Waals surface area contributed by atoms with E-state index in [1.54, 1.807) is 12.3 Å². The fraction of sp³-hybridized carbons (Fsp3) is 0.214. The topological polar surface area (TPSA) is 34.2 Å². The smallest absolute Gasteiger partial charge is 0.223 e. The average Bonchev–Trinajstić information content (AvgIpc) is 2.36. The Bertz CT molecular complexity index is 543. The van der Waals surface area contributed by atoms with Gasteiger partial charge in [-0.2, -0.15) is 0 Å². The molecule has 19 heavy (non-hydrogen) atoms. The normalized spacial score (nSPS) is 10.5. The third-order valence-corrected chi connectivity index (χ3v) is 2.92. The van der Waals surface area contributed by atoms with Gasteiger partial charge in [0.15, 0.2) is 0 Å². The first kappa shape index (κ1) is 14.0. The third kappa shape index (κ3) is 4.01. The molecule has 0 atom stereocenters. The Kier molecular flexibility index (Phi) is 4.87. The minimum atomic E-state index is -0.353. The number of nitrogens with one attached hydrogen (secondary N) is 1. The summed E-state index contributed by atoms with van der Waals surface area (Å²) in [4.78, 5) is 4.19. The Balaban J connectivity index is 2.22. The Morgan fingerprint density at radius 2 is 2.21 bits per heavy atom. The molecular formula is C14H14BrFN2O. The van der Waals surface area contributed by atoms with Crippen LogP contribution in [0.4, 0.5) is 4.39 Å². The summed E-state index contributed by atoms with van der Waals surface area (Å²) in [5.41, 5.74) is 0.935. The van der Waals surface area contributed by atoms with Gasteiger partial charge in [-0.1, -0.05) is 28.9 Å². The SMILES string of the molecule is CCNCc1cccnc1Oc1cc(F)cc(Br)c1. The van der Waals surface area contributed by atoms with E-state index in [1.807, 2.05) is 19.1 Å². The molecule has 100 valence electrons. The molecule has 0 saturated carbocycles. The van der Waals surface area contributed by atoms with Crippen molar-refractivity contribution in [2.24, 2.45) is 0 Å². The van der Waals surface area contributed by atoms with Crippen LogP contribution in [0.1, 0.15) is 12.5 Å². The van der Waals surface area contributed by atoms with E-state index in [0.29, 0.717) is 22.6 Å². The molecule has 2 rings (SSSR count). The molecule has 0 fully saturated rings. The van der Waals surface area contributed by atoms with Gasteiger partial charge in [0, 0.05) is 28.8 Å². The fourth-order valence-electron chi connectivity index (χ4n) is 1.61. The molecule has 0 radical (unpaired) electrons. The first-order valence-electron chi connectivity index (χ1n) is 5.97. The number of hydrogen-bond donors (Lipinski definition) is 1. The van der Waals surface area contributed by atoms with Crippen molar-refractivity contribution in [3.05, 3.63) is 52.4 Å². The van der Waals surface area contributed by atoms with E-state index < -0.39 is 0 Å². The van der Waals surface area contributed by atoms with Gasteiger partial charge in [-0.3, -0.25) is 0 Å². The molecule has 0 bridgehead atoms. The second kappa shape index (κ2) is 6.63. The number of hydrogen-bond acceptors (Lipinski definition) is 3. The Morgan fingerprint density at radius 1 is 1.37 bits per heavy atom. The second-order valence-corrected chi connectivity index (χ2v) is 4.87. The third-order valence-electron chi connectivity index (χ3n) is 2.47. The van der Waals surface area contributed by atoms with Crippen molar-refractivity contribution in [3.8, 4) is 11.6 Å². The second-order valence-electron chi connectivity index (χ2n) is 3.96. The van der Waals surface area contributed by atoms with E-state index in [-0.39, 0.29) is 5.82 Å². The average molecular weight is 325 g/mol. The van der Waals surface area contributed by atoms with Gasteiger partial charge in [-0.15, -0.1) is 0 Å². The maximum absolute atomic E-state index is 13.3. The van der Waals surface area contributed by atoms with Crippen molar-refractivity contribution in [2.45, 2.75) is 13.5 Å². The number of aromatic nitrogens is 1. The van der Waals surface area contributed by atoms with Crippen LogP contribution in [0.2, 0.25) is 0 Å². The summed E-state index contributed by atoms with van der Waals surface area (Å²) >= 11 is 3.23. The highest BCUT2D eigenvalue weighted by Gasteiger charge is 2.07.